The van der Waals surface area contributed by atoms with Gasteiger partial charge in [0.2, 0.25) is 0 Å². The van der Waals surface area contributed by atoms with Crippen LogP contribution in [0.3, 0.4) is 0 Å². The van der Waals surface area contributed by atoms with Crippen LogP contribution in [0.1, 0.15) is 344 Å². The van der Waals surface area contributed by atoms with Crippen LogP contribution >= 0.6 is 15.6 Å². The molecule has 0 radical (unpaired) electrons. The van der Waals surface area contributed by atoms with Gasteiger partial charge >= 0.3 is 39.5 Å². The molecule has 0 aromatic rings. The second kappa shape index (κ2) is 63.3. The van der Waals surface area contributed by atoms with E-state index in [0.717, 1.165) is 127 Å². The predicted molar refractivity (Wildman–Crippen MR) is 372 cm³/mol. The maximum atomic E-state index is 13.0. The van der Waals surface area contributed by atoms with E-state index in [-0.39, 0.29) is 25.7 Å². The number of aliphatic hydroxyl groups excluding tert-OH is 1. The Morgan fingerprint density at radius 2 is 0.587 bits per heavy atom. The summed E-state index contributed by atoms with van der Waals surface area (Å²) < 4.78 is 68.3. The van der Waals surface area contributed by atoms with Gasteiger partial charge in [-0.15, -0.1) is 0 Å². The Bertz CT molecular complexity index is 1890. The van der Waals surface area contributed by atoms with Crippen LogP contribution in [0.4, 0.5) is 0 Å². The highest BCUT2D eigenvalue weighted by Gasteiger charge is 2.30. The van der Waals surface area contributed by atoms with Crippen molar-refractivity contribution in [2.45, 2.75) is 362 Å². The Labute approximate surface area is 561 Å². The van der Waals surface area contributed by atoms with Crippen molar-refractivity contribution in [2.24, 2.45) is 17.8 Å². The van der Waals surface area contributed by atoms with Crippen molar-refractivity contribution in [3.63, 3.8) is 0 Å². The molecule has 19 heteroatoms. The minimum atomic E-state index is -4.96. The fourth-order valence-corrected chi connectivity index (χ4v) is 12.1. The summed E-state index contributed by atoms with van der Waals surface area (Å²) in [5, 5.41) is 10.6. The molecule has 0 aromatic carbocycles. The third-order valence-corrected chi connectivity index (χ3v) is 18.2. The number of phosphoric ester groups is 2. The Balaban J connectivity index is 5.26. The summed E-state index contributed by atoms with van der Waals surface area (Å²) in [7, 11) is -9.92. The molecule has 0 aliphatic carbocycles. The van der Waals surface area contributed by atoms with Crippen LogP contribution < -0.4 is 0 Å². The van der Waals surface area contributed by atoms with E-state index >= 15 is 0 Å². The molecule has 0 fully saturated rings. The fourth-order valence-electron chi connectivity index (χ4n) is 10.5. The highest BCUT2D eigenvalue weighted by molar-refractivity contribution is 7.47. The van der Waals surface area contributed by atoms with Crippen molar-refractivity contribution in [3.8, 4) is 0 Å². The van der Waals surface area contributed by atoms with Gasteiger partial charge in [0, 0.05) is 25.7 Å². The molecule has 0 saturated heterocycles. The molecule has 0 heterocycles. The number of hydrogen-bond acceptors (Lipinski definition) is 15. The topological polar surface area (TPSA) is 237 Å². The van der Waals surface area contributed by atoms with E-state index in [0.29, 0.717) is 31.6 Å². The monoisotopic (exact) mass is 1350 g/mol. The molecule has 0 aliphatic heterocycles. The molecule has 92 heavy (non-hydrogen) atoms. The van der Waals surface area contributed by atoms with Crippen LogP contribution in [0.5, 0.6) is 0 Å². The minimum Gasteiger partial charge on any atom is -0.462 e. The number of carbonyl (C=O) groups is 4. The van der Waals surface area contributed by atoms with Gasteiger partial charge in [-0.3, -0.25) is 37.3 Å². The van der Waals surface area contributed by atoms with Crippen LogP contribution in [0.15, 0.2) is 24.3 Å². The first kappa shape index (κ1) is 89.5. The number of hydrogen-bond donors (Lipinski definition) is 3. The normalized spacial score (nSPS) is 14.3. The molecule has 0 amide bonds. The first-order chi connectivity index (χ1) is 44.2. The lowest BCUT2D eigenvalue weighted by atomic mass is 10.0. The first-order valence-corrected chi connectivity index (χ1v) is 40.2. The predicted octanol–water partition coefficient (Wildman–Crippen LogP) is 20.6. The summed E-state index contributed by atoms with van der Waals surface area (Å²) in [6, 6.07) is 0. The van der Waals surface area contributed by atoms with Gasteiger partial charge in [0.25, 0.3) is 0 Å². The molecule has 0 spiro atoms. The van der Waals surface area contributed by atoms with Gasteiger partial charge in [-0.25, -0.2) is 9.13 Å². The molecule has 17 nitrogen and oxygen atoms in total. The number of phosphoric acid groups is 2. The zero-order valence-corrected chi connectivity index (χ0v) is 61.3. The molecule has 0 rings (SSSR count). The van der Waals surface area contributed by atoms with Gasteiger partial charge in [-0.2, -0.15) is 0 Å². The average Bonchev–Trinajstić information content (AvgIpc) is 2.41. The van der Waals surface area contributed by atoms with E-state index in [1.165, 1.54) is 128 Å². The van der Waals surface area contributed by atoms with Crippen molar-refractivity contribution < 1.29 is 80.2 Å². The van der Waals surface area contributed by atoms with Gasteiger partial charge in [-0.1, -0.05) is 291 Å². The van der Waals surface area contributed by atoms with Gasteiger partial charge in [0.05, 0.1) is 26.4 Å². The van der Waals surface area contributed by atoms with Crippen LogP contribution in [-0.2, 0) is 65.4 Å². The molecule has 542 valence electrons. The summed E-state index contributed by atoms with van der Waals surface area (Å²) in [6.07, 6.45) is 51.0. The van der Waals surface area contributed by atoms with Gasteiger partial charge in [0.15, 0.2) is 12.2 Å². The number of esters is 4. The van der Waals surface area contributed by atoms with E-state index < -0.39 is 97.5 Å². The highest BCUT2D eigenvalue weighted by Crippen LogP contribution is 2.45. The zero-order valence-electron chi connectivity index (χ0n) is 59.5. The summed E-state index contributed by atoms with van der Waals surface area (Å²) in [4.78, 5) is 72.6. The molecule has 3 N–H and O–H groups in total. The molecular weight excluding hydrogens is 1210 g/mol. The molecule has 2 unspecified atom stereocenters. The van der Waals surface area contributed by atoms with Gasteiger partial charge in [-0.05, 0) is 69.1 Å². The Kier molecular flexibility index (Phi) is 61.6. The smallest absolute Gasteiger partial charge is 0.462 e. The Hall–Kier alpha value is -2.46. The molecule has 0 aromatic heterocycles. The SMILES string of the molecule is CCCCCC/C=C\C=C/CCCCCCCC(=O)O[C@H](COC(=O)CCCCCCCCCCC(C)C)COP(=O)(O)OC[C@@H](O)COP(=O)(O)OC[C@@H](COC(=O)CCCCCCCCC(C)C)OC(=O)CCCCCCCCCCCCCCCCC(C)C. The van der Waals surface area contributed by atoms with Crippen molar-refractivity contribution in [2.75, 3.05) is 39.6 Å². The summed E-state index contributed by atoms with van der Waals surface area (Å²) in [5.41, 5.74) is 0. The van der Waals surface area contributed by atoms with E-state index in [2.05, 4.69) is 72.8 Å². The lowest BCUT2D eigenvalue weighted by Gasteiger charge is -2.21. The van der Waals surface area contributed by atoms with Gasteiger partial charge in [0.1, 0.15) is 19.3 Å². The average molecular weight is 1350 g/mol. The molecule has 0 saturated carbocycles. The van der Waals surface area contributed by atoms with E-state index in [4.69, 9.17) is 37.0 Å². The number of unbranched alkanes of at least 4 members (excludes halogenated alkanes) is 34. The number of allylic oxidation sites excluding steroid dienone is 4. The summed E-state index contributed by atoms with van der Waals surface area (Å²) >= 11 is 0. The zero-order chi connectivity index (χ0) is 68.0. The Morgan fingerprint density at radius 3 is 0.880 bits per heavy atom. The molecule has 0 aliphatic rings. The van der Waals surface area contributed by atoms with Crippen LogP contribution in [0.2, 0.25) is 0 Å². The standard InChI is InChI=1S/C73H138O17P2/c1-8-9-10-11-12-13-14-15-16-20-23-26-33-42-49-56-72(77)89-68(60-83-70(75)54-47-40-32-29-28-31-38-45-52-65(4)5)62-87-91(79,80)85-58-67(74)59-86-92(81,82)88-63-69(61-84-71(76)55-48-41-36-35-39-46-53-66(6)7)90-73(78)57-50-43-34-27-24-21-18-17-19-22-25-30-37-44-51-64(2)3/h13-16,64-69,74H,8-12,17-63H2,1-7H3,(H,79,80)(H,81,82)/b14-13-,16-15-/t67-,68-,69-/m1/s1. The van der Waals surface area contributed by atoms with Crippen molar-refractivity contribution in [1.82, 2.24) is 0 Å². The molecular formula is C73H138O17P2. The van der Waals surface area contributed by atoms with Crippen molar-refractivity contribution in [1.29, 1.82) is 0 Å². The highest BCUT2D eigenvalue weighted by atomic mass is 31.2. The lowest BCUT2D eigenvalue weighted by Crippen LogP contribution is -2.30. The van der Waals surface area contributed by atoms with Crippen molar-refractivity contribution in [3.05, 3.63) is 24.3 Å². The third kappa shape index (κ3) is 66.2. The number of rotatable bonds is 69. The number of carbonyl (C=O) groups excluding carboxylic acids is 4. The first-order valence-electron chi connectivity index (χ1n) is 37.2. The Morgan fingerprint density at radius 1 is 0.337 bits per heavy atom. The van der Waals surface area contributed by atoms with E-state index in [1.807, 2.05) is 0 Å². The van der Waals surface area contributed by atoms with E-state index in [9.17, 15) is 43.2 Å². The third-order valence-electron chi connectivity index (χ3n) is 16.3. The molecule has 0 bridgehead atoms. The second-order valence-electron chi connectivity index (χ2n) is 27.1. The van der Waals surface area contributed by atoms with Crippen LogP contribution in [0.25, 0.3) is 0 Å². The van der Waals surface area contributed by atoms with Crippen LogP contribution in [0, 0.1) is 17.8 Å². The maximum absolute atomic E-state index is 13.0. The van der Waals surface area contributed by atoms with Gasteiger partial charge < -0.3 is 33.8 Å². The number of ether oxygens (including phenoxy) is 4. The van der Waals surface area contributed by atoms with Crippen molar-refractivity contribution >= 4 is 39.5 Å². The molecule has 5 atom stereocenters. The lowest BCUT2D eigenvalue weighted by molar-refractivity contribution is -0.161. The minimum absolute atomic E-state index is 0.0840. The summed E-state index contributed by atoms with van der Waals surface area (Å²) in [5.74, 6) is 0.0391. The maximum Gasteiger partial charge on any atom is 0.472 e. The van der Waals surface area contributed by atoms with E-state index in [1.54, 1.807) is 0 Å². The second-order valence-corrected chi connectivity index (χ2v) is 30.0. The quantitative estimate of drug-likeness (QED) is 0.0169. The van der Waals surface area contributed by atoms with Crippen LogP contribution in [-0.4, -0.2) is 96.7 Å². The largest absolute Gasteiger partial charge is 0.472 e. The summed E-state index contributed by atoms with van der Waals surface area (Å²) in [6.45, 7) is 11.7. The number of aliphatic hydroxyl groups is 1. The fraction of sp³-hybridized carbons (Fsp3) is 0.890.